The van der Waals surface area contributed by atoms with Crippen molar-refractivity contribution in [3.8, 4) is 0 Å². The van der Waals surface area contributed by atoms with Crippen molar-refractivity contribution in [2.75, 3.05) is 0 Å². The molecule has 0 unspecified atom stereocenters. The molecular formula is C36H56N2. The summed E-state index contributed by atoms with van der Waals surface area (Å²) in [6, 6.07) is 13.9. The summed E-state index contributed by atoms with van der Waals surface area (Å²) in [5, 5.41) is 0. The summed E-state index contributed by atoms with van der Waals surface area (Å²) in [5.41, 5.74) is 10.4. The molecule has 0 atom stereocenters. The zero-order chi connectivity index (χ0) is 27.6. The van der Waals surface area contributed by atoms with Crippen molar-refractivity contribution >= 4 is 22.8 Å². The van der Waals surface area contributed by atoms with Crippen molar-refractivity contribution in [3.05, 3.63) is 58.7 Å². The van der Waals surface area contributed by atoms with Gasteiger partial charge in [0.1, 0.15) is 0 Å². The van der Waals surface area contributed by atoms with Gasteiger partial charge < -0.3 is 0 Å². The van der Waals surface area contributed by atoms with E-state index in [1.807, 2.05) is 0 Å². The molecule has 2 aromatic rings. The van der Waals surface area contributed by atoms with Crippen LogP contribution in [0.15, 0.2) is 46.4 Å². The number of unbranched alkanes of at least 4 members (excludes halogenated alkanes) is 6. The normalized spacial score (nSPS) is 12.4. The van der Waals surface area contributed by atoms with E-state index in [0.717, 1.165) is 49.9 Å². The maximum atomic E-state index is 5.34. The van der Waals surface area contributed by atoms with E-state index in [1.54, 1.807) is 0 Å². The Bertz CT molecular complexity index is 976. The van der Waals surface area contributed by atoms with E-state index in [-0.39, 0.29) is 0 Å². The van der Waals surface area contributed by atoms with Gasteiger partial charge in [0.25, 0.3) is 0 Å². The van der Waals surface area contributed by atoms with Crippen LogP contribution in [0.25, 0.3) is 0 Å². The third-order valence-electron chi connectivity index (χ3n) is 7.54. The van der Waals surface area contributed by atoms with Crippen LogP contribution in [-0.2, 0) is 25.7 Å². The number of aryl methyl sites for hydroxylation is 4. The summed E-state index contributed by atoms with van der Waals surface area (Å²) < 4.78 is 0. The number of nitrogens with zero attached hydrogens (tertiary/aromatic N) is 2. The topological polar surface area (TPSA) is 24.7 Å². The predicted octanol–water partition coefficient (Wildman–Crippen LogP) is 11.5. The van der Waals surface area contributed by atoms with Crippen LogP contribution in [-0.4, -0.2) is 11.4 Å². The molecule has 2 heteroatoms. The molecule has 0 fully saturated rings. The zero-order valence-electron chi connectivity index (χ0n) is 25.7. The first-order chi connectivity index (χ1) is 18.6. The fourth-order valence-corrected chi connectivity index (χ4v) is 5.03. The molecule has 0 aliphatic heterocycles. The SMILES string of the molecule is CCCCCc1ccc(N=C(CCCC)C(CCCC)=Nc2cc(CC)cc(CC)c2)cc1CCCCC. The third kappa shape index (κ3) is 11.3. The molecule has 2 nitrogen and oxygen atoms in total. The lowest BCUT2D eigenvalue weighted by Crippen LogP contribution is -2.14. The van der Waals surface area contributed by atoms with Gasteiger partial charge >= 0.3 is 0 Å². The van der Waals surface area contributed by atoms with Crippen LogP contribution in [0.5, 0.6) is 0 Å². The van der Waals surface area contributed by atoms with Gasteiger partial charge in [-0.2, -0.15) is 0 Å². The highest BCUT2D eigenvalue weighted by molar-refractivity contribution is 6.43. The molecule has 0 bridgehead atoms. The minimum absolute atomic E-state index is 0.995. The molecule has 0 aliphatic carbocycles. The van der Waals surface area contributed by atoms with E-state index < -0.39 is 0 Å². The minimum atomic E-state index is 0.995. The lowest BCUT2D eigenvalue weighted by atomic mass is 9.96. The van der Waals surface area contributed by atoms with Crippen LogP contribution in [0.1, 0.15) is 141 Å². The highest BCUT2D eigenvalue weighted by Gasteiger charge is 2.12. The van der Waals surface area contributed by atoms with Crippen molar-refractivity contribution in [2.24, 2.45) is 9.98 Å². The maximum Gasteiger partial charge on any atom is 0.0639 e. The van der Waals surface area contributed by atoms with E-state index in [1.165, 1.54) is 97.9 Å². The van der Waals surface area contributed by atoms with E-state index in [4.69, 9.17) is 9.98 Å². The fraction of sp³-hybridized carbons (Fsp3) is 0.611. The molecule has 0 amide bonds. The first kappa shape index (κ1) is 32.0. The third-order valence-corrected chi connectivity index (χ3v) is 7.54. The summed E-state index contributed by atoms with van der Waals surface area (Å²) in [6.45, 7) is 13.6. The summed E-state index contributed by atoms with van der Waals surface area (Å²) >= 11 is 0. The van der Waals surface area contributed by atoms with E-state index in [2.05, 4.69) is 77.9 Å². The Kier molecular flexibility index (Phi) is 15.9. The van der Waals surface area contributed by atoms with Crippen LogP contribution in [0, 0.1) is 0 Å². The van der Waals surface area contributed by atoms with Gasteiger partial charge in [0.2, 0.25) is 0 Å². The minimum Gasteiger partial charge on any atom is -0.252 e. The molecule has 2 aromatic carbocycles. The number of aliphatic imine (C=N–C) groups is 2. The summed E-state index contributed by atoms with van der Waals surface area (Å²) in [6.07, 6.45) is 18.8. The number of benzene rings is 2. The molecule has 0 saturated heterocycles. The van der Waals surface area contributed by atoms with Crippen molar-refractivity contribution < 1.29 is 0 Å². The molecule has 0 radical (unpaired) electrons. The van der Waals surface area contributed by atoms with E-state index in [9.17, 15) is 0 Å². The van der Waals surface area contributed by atoms with Crippen LogP contribution in [0.4, 0.5) is 11.4 Å². The van der Waals surface area contributed by atoms with Crippen LogP contribution < -0.4 is 0 Å². The Hall–Kier alpha value is -2.22. The summed E-state index contributed by atoms with van der Waals surface area (Å²) in [7, 11) is 0. The molecule has 0 N–H and O–H groups in total. The van der Waals surface area contributed by atoms with Gasteiger partial charge in [-0.1, -0.05) is 92.2 Å². The molecule has 38 heavy (non-hydrogen) atoms. The van der Waals surface area contributed by atoms with E-state index in [0.29, 0.717) is 0 Å². The summed E-state index contributed by atoms with van der Waals surface area (Å²) in [4.78, 5) is 10.6. The molecular weight excluding hydrogens is 460 g/mol. The van der Waals surface area contributed by atoms with Crippen molar-refractivity contribution in [3.63, 3.8) is 0 Å². The molecule has 0 aromatic heterocycles. The lowest BCUT2D eigenvalue weighted by Gasteiger charge is -2.14. The molecule has 2 rings (SSSR count). The Morgan fingerprint density at radius 3 is 1.50 bits per heavy atom. The smallest absolute Gasteiger partial charge is 0.0639 e. The fourth-order valence-electron chi connectivity index (χ4n) is 5.03. The number of hydrogen-bond acceptors (Lipinski definition) is 2. The van der Waals surface area contributed by atoms with Crippen molar-refractivity contribution in [1.82, 2.24) is 0 Å². The maximum absolute atomic E-state index is 5.34. The number of hydrogen-bond donors (Lipinski definition) is 0. The largest absolute Gasteiger partial charge is 0.252 e. The monoisotopic (exact) mass is 516 g/mol. The molecule has 0 saturated carbocycles. The van der Waals surface area contributed by atoms with Gasteiger partial charge in [0.15, 0.2) is 0 Å². The highest BCUT2D eigenvalue weighted by atomic mass is 14.8. The second-order valence-corrected chi connectivity index (χ2v) is 10.9. The first-order valence-corrected chi connectivity index (χ1v) is 16.0. The van der Waals surface area contributed by atoms with Gasteiger partial charge in [-0.25, -0.2) is 0 Å². The van der Waals surface area contributed by atoms with Gasteiger partial charge in [-0.15, -0.1) is 0 Å². The Morgan fingerprint density at radius 1 is 0.500 bits per heavy atom. The quantitative estimate of drug-likeness (QED) is 0.131. The van der Waals surface area contributed by atoms with Crippen LogP contribution >= 0.6 is 0 Å². The van der Waals surface area contributed by atoms with Gasteiger partial charge in [-0.3, -0.25) is 9.98 Å². The molecule has 0 aliphatic rings. The van der Waals surface area contributed by atoms with Crippen LogP contribution in [0.3, 0.4) is 0 Å². The van der Waals surface area contributed by atoms with Gasteiger partial charge in [-0.05, 0) is 111 Å². The van der Waals surface area contributed by atoms with E-state index >= 15 is 0 Å². The second-order valence-electron chi connectivity index (χ2n) is 10.9. The average Bonchev–Trinajstić information content (AvgIpc) is 2.94. The predicted molar refractivity (Wildman–Crippen MR) is 171 cm³/mol. The molecule has 0 spiro atoms. The molecule has 0 heterocycles. The highest BCUT2D eigenvalue weighted by Crippen LogP contribution is 2.25. The Balaban J connectivity index is 2.52. The average molecular weight is 517 g/mol. The number of rotatable bonds is 19. The standard InChI is InChI=1S/C36H56N2/c1-7-13-17-19-31-23-24-33(28-32(31)20-18-14-8-2)37-35(21-15-9-3)36(22-16-10-4)38-34-26-29(11-5)25-30(12-6)27-34/h23-28H,7-22H2,1-6H3. The Morgan fingerprint density at radius 2 is 1.00 bits per heavy atom. The molecule has 210 valence electrons. The van der Waals surface area contributed by atoms with Gasteiger partial charge in [0, 0.05) is 0 Å². The van der Waals surface area contributed by atoms with Crippen molar-refractivity contribution in [1.29, 1.82) is 0 Å². The van der Waals surface area contributed by atoms with Crippen LogP contribution in [0.2, 0.25) is 0 Å². The second kappa shape index (κ2) is 18.9. The zero-order valence-corrected chi connectivity index (χ0v) is 25.7. The van der Waals surface area contributed by atoms with Crippen molar-refractivity contribution in [2.45, 2.75) is 144 Å². The lowest BCUT2D eigenvalue weighted by molar-refractivity contribution is 0.693. The Labute approximate surface area is 235 Å². The first-order valence-electron chi connectivity index (χ1n) is 16.0. The summed E-state index contributed by atoms with van der Waals surface area (Å²) in [5.74, 6) is 0. The van der Waals surface area contributed by atoms with Gasteiger partial charge in [0.05, 0.1) is 22.8 Å².